The molecule has 0 bridgehead atoms. The van der Waals surface area contributed by atoms with Crippen molar-refractivity contribution in [3.8, 4) is 0 Å². The molecular formula is C12H14N2O3S. The van der Waals surface area contributed by atoms with Gasteiger partial charge in [-0.1, -0.05) is 0 Å². The van der Waals surface area contributed by atoms with Crippen LogP contribution in [-0.2, 0) is 17.8 Å². The molecular weight excluding hydrogens is 252 g/mol. The van der Waals surface area contributed by atoms with Crippen LogP contribution in [0.3, 0.4) is 0 Å². The first-order chi connectivity index (χ1) is 8.63. The van der Waals surface area contributed by atoms with Crippen molar-refractivity contribution in [2.45, 2.75) is 26.3 Å². The Hall–Kier alpha value is -1.82. The minimum Gasteiger partial charge on any atom is -0.481 e. The normalized spacial score (nSPS) is 10.5. The fourth-order valence-corrected chi connectivity index (χ4v) is 2.22. The van der Waals surface area contributed by atoms with Crippen molar-refractivity contribution in [3.63, 3.8) is 0 Å². The maximum absolute atomic E-state index is 10.4. The first kappa shape index (κ1) is 12.6. The molecule has 0 radical (unpaired) electrons. The third-order valence-electron chi connectivity index (χ3n) is 2.36. The number of aliphatic carboxylic acids is 1. The Bertz CT molecular complexity index is 533. The number of hydrogen-bond donors (Lipinski definition) is 2. The quantitative estimate of drug-likeness (QED) is 0.840. The number of nitrogens with one attached hydrogen (secondary N) is 1. The molecule has 0 aliphatic carbocycles. The van der Waals surface area contributed by atoms with Crippen molar-refractivity contribution in [1.82, 2.24) is 4.98 Å². The number of carboxylic acids is 1. The molecule has 0 amide bonds. The first-order valence-electron chi connectivity index (χ1n) is 5.59. The second kappa shape index (κ2) is 5.68. The molecule has 0 aliphatic rings. The monoisotopic (exact) mass is 266 g/mol. The van der Waals surface area contributed by atoms with Crippen LogP contribution in [0.4, 0.5) is 5.13 Å². The van der Waals surface area contributed by atoms with Crippen molar-refractivity contribution in [2.75, 3.05) is 5.32 Å². The molecule has 2 aromatic heterocycles. The highest BCUT2D eigenvalue weighted by Gasteiger charge is 2.05. The SMILES string of the molecule is Cc1ccc(CNc2nc(CCC(=O)O)cs2)o1. The number of carboxylic acid groups (broad SMARTS) is 1. The molecule has 5 nitrogen and oxygen atoms in total. The maximum Gasteiger partial charge on any atom is 0.303 e. The zero-order chi connectivity index (χ0) is 13.0. The number of rotatable bonds is 6. The van der Waals surface area contributed by atoms with Gasteiger partial charge in [0.05, 0.1) is 18.7 Å². The molecule has 2 rings (SSSR count). The second-order valence-electron chi connectivity index (χ2n) is 3.90. The molecule has 0 atom stereocenters. The fourth-order valence-electron chi connectivity index (χ4n) is 1.48. The van der Waals surface area contributed by atoms with Crippen LogP contribution in [0.2, 0.25) is 0 Å². The largest absolute Gasteiger partial charge is 0.481 e. The Morgan fingerprint density at radius 3 is 3.06 bits per heavy atom. The van der Waals surface area contributed by atoms with Gasteiger partial charge in [0.25, 0.3) is 0 Å². The van der Waals surface area contributed by atoms with Crippen molar-refractivity contribution in [3.05, 3.63) is 34.7 Å². The van der Waals surface area contributed by atoms with E-state index in [1.54, 1.807) is 0 Å². The second-order valence-corrected chi connectivity index (χ2v) is 4.76. The number of nitrogens with zero attached hydrogens (tertiary/aromatic N) is 1. The van der Waals surface area contributed by atoms with Gasteiger partial charge in [-0.05, 0) is 19.1 Å². The molecule has 96 valence electrons. The van der Waals surface area contributed by atoms with Gasteiger partial charge < -0.3 is 14.8 Å². The molecule has 2 aromatic rings. The molecule has 2 N–H and O–H groups in total. The van der Waals surface area contributed by atoms with Crippen LogP contribution in [0.5, 0.6) is 0 Å². The van der Waals surface area contributed by atoms with Gasteiger partial charge in [-0.3, -0.25) is 4.79 Å². The lowest BCUT2D eigenvalue weighted by Gasteiger charge is -1.98. The third kappa shape index (κ3) is 3.59. The number of furan rings is 1. The van der Waals surface area contributed by atoms with Gasteiger partial charge in [0.1, 0.15) is 11.5 Å². The van der Waals surface area contributed by atoms with Crippen molar-refractivity contribution >= 4 is 22.4 Å². The van der Waals surface area contributed by atoms with Gasteiger partial charge >= 0.3 is 5.97 Å². The molecule has 0 aliphatic heterocycles. The molecule has 0 saturated carbocycles. The highest BCUT2D eigenvalue weighted by Crippen LogP contribution is 2.18. The zero-order valence-corrected chi connectivity index (χ0v) is 10.8. The van der Waals surface area contributed by atoms with Gasteiger partial charge in [0.15, 0.2) is 5.13 Å². The molecule has 18 heavy (non-hydrogen) atoms. The Balaban J connectivity index is 1.84. The van der Waals surface area contributed by atoms with Gasteiger partial charge in [-0.15, -0.1) is 11.3 Å². The fraction of sp³-hybridized carbons (Fsp3) is 0.333. The topological polar surface area (TPSA) is 75.4 Å². The molecule has 6 heteroatoms. The van der Waals surface area contributed by atoms with E-state index in [2.05, 4.69) is 10.3 Å². The van der Waals surface area contributed by atoms with Gasteiger partial charge in [0, 0.05) is 11.8 Å². The van der Waals surface area contributed by atoms with Crippen LogP contribution in [0.15, 0.2) is 21.9 Å². The Morgan fingerprint density at radius 1 is 1.56 bits per heavy atom. The summed E-state index contributed by atoms with van der Waals surface area (Å²) >= 11 is 1.47. The summed E-state index contributed by atoms with van der Waals surface area (Å²) in [5, 5.41) is 14.4. The third-order valence-corrected chi connectivity index (χ3v) is 3.21. The molecule has 0 unspecified atom stereocenters. The molecule has 0 saturated heterocycles. The van der Waals surface area contributed by atoms with E-state index in [4.69, 9.17) is 9.52 Å². The maximum atomic E-state index is 10.4. The summed E-state index contributed by atoms with van der Waals surface area (Å²) in [5.41, 5.74) is 0.806. The Kier molecular flexibility index (Phi) is 3.99. The standard InChI is InChI=1S/C12H14N2O3S/c1-8-2-4-10(17-8)6-13-12-14-9(7-18-12)3-5-11(15)16/h2,4,7H,3,5-6H2,1H3,(H,13,14)(H,15,16). The van der Waals surface area contributed by atoms with Crippen LogP contribution < -0.4 is 5.32 Å². The minimum atomic E-state index is -0.802. The van der Waals surface area contributed by atoms with E-state index >= 15 is 0 Å². The summed E-state index contributed by atoms with van der Waals surface area (Å²) in [6.45, 7) is 2.48. The van der Waals surface area contributed by atoms with Crippen LogP contribution in [-0.4, -0.2) is 16.1 Å². The number of thiazole rings is 1. The number of hydrogen-bond acceptors (Lipinski definition) is 5. The molecule has 0 spiro atoms. The molecule has 2 heterocycles. The summed E-state index contributed by atoms with van der Waals surface area (Å²) in [6.07, 6.45) is 0.577. The summed E-state index contributed by atoms with van der Waals surface area (Å²) in [5.74, 6) is 0.937. The predicted molar refractivity (Wildman–Crippen MR) is 68.8 cm³/mol. The summed E-state index contributed by atoms with van der Waals surface area (Å²) < 4.78 is 5.43. The average molecular weight is 266 g/mol. The van der Waals surface area contributed by atoms with E-state index in [-0.39, 0.29) is 6.42 Å². The summed E-state index contributed by atoms with van der Waals surface area (Å²) in [6, 6.07) is 3.83. The molecule has 0 fully saturated rings. The highest BCUT2D eigenvalue weighted by molar-refractivity contribution is 7.13. The van der Waals surface area contributed by atoms with Crippen molar-refractivity contribution < 1.29 is 14.3 Å². The number of aromatic nitrogens is 1. The van der Waals surface area contributed by atoms with Gasteiger partial charge in [-0.25, -0.2) is 4.98 Å². The van der Waals surface area contributed by atoms with Crippen LogP contribution >= 0.6 is 11.3 Å². The summed E-state index contributed by atoms with van der Waals surface area (Å²) in [7, 11) is 0. The lowest BCUT2D eigenvalue weighted by molar-refractivity contribution is -0.136. The Labute approximate surface area is 108 Å². The van der Waals surface area contributed by atoms with Crippen molar-refractivity contribution in [1.29, 1.82) is 0 Å². The van der Waals surface area contributed by atoms with E-state index in [1.807, 2.05) is 24.4 Å². The molecule has 0 aromatic carbocycles. The highest BCUT2D eigenvalue weighted by atomic mass is 32.1. The van der Waals surface area contributed by atoms with Crippen LogP contribution in [0, 0.1) is 6.92 Å². The number of carbonyl (C=O) groups is 1. The van der Waals surface area contributed by atoms with E-state index in [0.717, 1.165) is 22.3 Å². The van der Waals surface area contributed by atoms with E-state index in [9.17, 15) is 4.79 Å². The smallest absolute Gasteiger partial charge is 0.303 e. The van der Waals surface area contributed by atoms with Gasteiger partial charge in [0.2, 0.25) is 0 Å². The predicted octanol–water partition coefficient (Wildman–Crippen LogP) is 2.67. The van der Waals surface area contributed by atoms with Crippen LogP contribution in [0.25, 0.3) is 0 Å². The number of aryl methyl sites for hydroxylation is 2. The van der Waals surface area contributed by atoms with Gasteiger partial charge in [-0.2, -0.15) is 0 Å². The lowest BCUT2D eigenvalue weighted by Crippen LogP contribution is -1.99. The summed E-state index contributed by atoms with van der Waals surface area (Å²) in [4.78, 5) is 14.7. The lowest BCUT2D eigenvalue weighted by atomic mass is 10.2. The van der Waals surface area contributed by atoms with E-state index in [1.165, 1.54) is 11.3 Å². The average Bonchev–Trinajstić information content (AvgIpc) is 2.93. The number of anilines is 1. The van der Waals surface area contributed by atoms with E-state index < -0.39 is 5.97 Å². The zero-order valence-electron chi connectivity index (χ0n) is 9.97. The van der Waals surface area contributed by atoms with E-state index in [0.29, 0.717) is 13.0 Å². The van der Waals surface area contributed by atoms with Crippen molar-refractivity contribution in [2.24, 2.45) is 0 Å². The first-order valence-corrected chi connectivity index (χ1v) is 6.47. The van der Waals surface area contributed by atoms with Crippen LogP contribution in [0.1, 0.15) is 23.6 Å². The Morgan fingerprint density at radius 2 is 2.39 bits per heavy atom. The minimum absolute atomic E-state index is 0.112.